The summed E-state index contributed by atoms with van der Waals surface area (Å²) in [7, 11) is 0. The smallest absolute Gasteiger partial charge is 0.306 e. The molecule has 362 valence electrons. The van der Waals surface area contributed by atoms with Crippen molar-refractivity contribution in [3.05, 3.63) is 0 Å². The topological polar surface area (TPSA) is 78.9 Å². The molecule has 0 radical (unpaired) electrons. The standard InChI is InChI=1S/C55H106O6/c1-49(2)41-35-29-23-17-12-9-7-8-10-14-21-28-34-40-46-55(58)61-52(48-60-54(57)45-39-33-27-22-16-19-25-31-37-43-51(5)6)47-59-53(56)44-38-32-26-20-15-11-13-18-24-30-36-42-50(3)4/h49-52H,7-48H2,1-6H3/t52-/m1/s1. The van der Waals surface area contributed by atoms with Crippen molar-refractivity contribution in [2.24, 2.45) is 17.8 Å². The lowest BCUT2D eigenvalue weighted by Crippen LogP contribution is -2.30. The summed E-state index contributed by atoms with van der Waals surface area (Å²) in [6.07, 6.45) is 46.6. The van der Waals surface area contributed by atoms with Gasteiger partial charge >= 0.3 is 17.9 Å². The van der Waals surface area contributed by atoms with E-state index in [9.17, 15) is 14.4 Å². The Balaban J connectivity index is 4.31. The Kier molecular flexibility index (Phi) is 45.2. The minimum absolute atomic E-state index is 0.0644. The molecule has 0 aliphatic carbocycles. The molecule has 0 unspecified atom stereocenters. The molecule has 0 bridgehead atoms. The van der Waals surface area contributed by atoms with Gasteiger partial charge in [0.15, 0.2) is 6.10 Å². The quantitative estimate of drug-likeness (QED) is 0.0344. The van der Waals surface area contributed by atoms with Gasteiger partial charge in [-0.2, -0.15) is 0 Å². The summed E-state index contributed by atoms with van der Waals surface area (Å²) in [4.78, 5) is 38.0. The van der Waals surface area contributed by atoms with E-state index in [4.69, 9.17) is 14.2 Å². The average molecular weight is 863 g/mol. The van der Waals surface area contributed by atoms with Crippen LogP contribution in [0.25, 0.3) is 0 Å². The van der Waals surface area contributed by atoms with Crippen molar-refractivity contribution in [1.82, 2.24) is 0 Å². The second-order valence-corrected chi connectivity index (χ2v) is 20.3. The number of hydrogen-bond donors (Lipinski definition) is 0. The molecule has 0 aliphatic heterocycles. The van der Waals surface area contributed by atoms with Crippen LogP contribution in [-0.4, -0.2) is 37.2 Å². The lowest BCUT2D eigenvalue weighted by atomic mass is 10.0. The molecule has 0 aromatic heterocycles. The van der Waals surface area contributed by atoms with Crippen molar-refractivity contribution in [2.45, 2.75) is 304 Å². The summed E-state index contributed by atoms with van der Waals surface area (Å²) in [5.41, 5.74) is 0. The maximum atomic E-state index is 12.8. The molecular formula is C55H106O6. The molecule has 61 heavy (non-hydrogen) atoms. The van der Waals surface area contributed by atoms with Crippen LogP contribution >= 0.6 is 0 Å². The molecule has 6 nitrogen and oxygen atoms in total. The highest BCUT2D eigenvalue weighted by Crippen LogP contribution is 2.18. The highest BCUT2D eigenvalue weighted by molar-refractivity contribution is 5.71. The van der Waals surface area contributed by atoms with E-state index in [1.165, 1.54) is 180 Å². The van der Waals surface area contributed by atoms with Gasteiger partial charge in [-0.3, -0.25) is 14.4 Å². The Labute approximate surface area is 380 Å². The van der Waals surface area contributed by atoms with Gasteiger partial charge in [0.1, 0.15) is 13.2 Å². The SMILES string of the molecule is CC(C)CCCCCCCCCCCCCCCCC(=O)O[C@H](COC(=O)CCCCCCCCCCCCCC(C)C)COC(=O)CCCCCCCCCCCC(C)C. The highest BCUT2D eigenvalue weighted by Gasteiger charge is 2.19. The van der Waals surface area contributed by atoms with Crippen molar-refractivity contribution < 1.29 is 28.6 Å². The van der Waals surface area contributed by atoms with Crippen molar-refractivity contribution in [1.29, 1.82) is 0 Å². The Morgan fingerprint density at radius 3 is 0.705 bits per heavy atom. The van der Waals surface area contributed by atoms with Gasteiger partial charge in [-0.1, -0.05) is 260 Å². The minimum Gasteiger partial charge on any atom is -0.462 e. The van der Waals surface area contributed by atoms with Crippen LogP contribution in [0.3, 0.4) is 0 Å². The largest absolute Gasteiger partial charge is 0.462 e. The van der Waals surface area contributed by atoms with Crippen LogP contribution in [-0.2, 0) is 28.6 Å². The van der Waals surface area contributed by atoms with Crippen LogP contribution in [0.2, 0.25) is 0 Å². The lowest BCUT2D eigenvalue weighted by Gasteiger charge is -2.18. The Morgan fingerprint density at radius 2 is 0.475 bits per heavy atom. The van der Waals surface area contributed by atoms with Gasteiger partial charge < -0.3 is 14.2 Å². The zero-order chi connectivity index (χ0) is 44.9. The van der Waals surface area contributed by atoms with Gasteiger partial charge in [-0.05, 0) is 37.0 Å². The molecule has 0 saturated heterocycles. The normalized spacial score (nSPS) is 12.1. The Morgan fingerprint density at radius 1 is 0.279 bits per heavy atom. The van der Waals surface area contributed by atoms with Crippen LogP contribution in [0.4, 0.5) is 0 Å². The minimum atomic E-state index is -0.763. The van der Waals surface area contributed by atoms with E-state index in [1.807, 2.05) is 0 Å². The van der Waals surface area contributed by atoms with Gasteiger partial charge in [0.05, 0.1) is 0 Å². The zero-order valence-electron chi connectivity index (χ0n) is 42.0. The summed E-state index contributed by atoms with van der Waals surface area (Å²) < 4.78 is 16.8. The molecule has 0 aromatic carbocycles. The molecule has 0 aliphatic rings. The monoisotopic (exact) mass is 863 g/mol. The molecule has 0 heterocycles. The van der Waals surface area contributed by atoms with Gasteiger partial charge in [-0.25, -0.2) is 0 Å². The van der Waals surface area contributed by atoms with Gasteiger partial charge in [0, 0.05) is 19.3 Å². The fourth-order valence-electron chi connectivity index (χ4n) is 8.29. The van der Waals surface area contributed by atoms with Crippen LogP contribution in [0.5, 0.6) is 0 Å². The highest BCUT2D eigenvalue weighted by atomic mass is 16.6. The third kappa shape index (κ3) is 49.3. The molecule has 1 atom stereocenters. The molecule has 0 fully saturated rings. The summed E-state index contributed by atoms with van der Waals surface area (Å²) in [5, 5.41) is 0. The number of hydrogen-bond acceptors (Lipinski definition) is 6. The molecular weight excluding hydrogens is 757 g/mol. The molecule has 0 saturated carbocycles. The number of esters is 3. The van der Waals surface area contributed by atoms with E-state index in [1.54, 1.807) is 0 Å². The molecule has 0 amide bonds. The first-order chi connectivity index (χ1) is 29.6. The number of unbranched alkanes of at least 4 members (excludes halogenated alkanes) is 31. The predicted octanol–water partition coefficient (Wildman–Crippen LogP) is 17.6. The summed E-state index contributed by atoms with van der Waals surface area (Å²) >= 11 is 0. The maximum absolute atomic E-state index is 12.8. The number of carbonyl (C=O) groups excluding carboxylic acids is 3. The first kappa shape index (κ1) is 59.4. The molecule has 6 heteroatoms. The van der Waals surface area contributed by atoms with Gasteiger partial charge in [0.25, 0.3) is 0 Å². The number of ether oxygens (including phenoxy) is 3. The number of rotatable bonds is 48. The third-order valence-corrected chi connectivity index (χ3v) is 12.4. The second kappa shape index (κ2) is 46.4. The van der Waals surface area contributed by atoms with Crippen molar-refractivity contribution in [2.75, 3.05) is 13.2 Å². The summed E-state index contributed by atoms with van der Waals surface area (Å²) in [5.74, 6) is 1.63. The first-order valence-corrected chi connectivity index (χ1v) is 27.1. The number of carbonyl (C=O) groups is 3. The van der Waals surface area contributed by atoms with Crippen molar-refractivity contribution in [3.8, 4) is 0 Å². The third-order valence-electron chi connectivity index (χ3n) is 12.4. The van der Waals surface area contributed by atoms with E-state index < -0.39 is 6.10 Å². The van der Waals surface area contributed by atoms with E-state index in [0.717, 1.165) is 75.5 Å². The molecule has 0 N–H and O–H groups in total. The van der Waals surface area contributed by atoms with Crippen LogP contribution in [0.15, 0.2) is 0 Å². The first-order valence-electron chi connectivity index (χ1n) is 27.1. The summed E-state index contributed by atoms with van der Waals surface area (Å²) in [6, 6.07) is 0. The lowest BCUT2D eigenvalue weighted by molar-refractivity contribution is -0.167. The molecule has 0 aromatic rings. The Hall–Kier alpha value is -1.59. The van der Waals surface area contributed by atoms with Crippen LogP contribution in [0, 0.1) is 17.8 Å². The van der Waals surface area contributed by atoms with E-state index >= 15 is 0 Å². The second-order valence-electron chi connectivity index (χ2n) is 20.3. The fourth-order valence-corrected chi connectivity index (χ4v) is 8.29. The molecule has 0 rings (SSSR count). The van der Waals surface area contributed by atoms with Crippen LogP contribution in [0.1, 0.15) is 298 Å². The van der Waals surface area contributed by atoms with Crippen molar-refractivity contribution >= 4 is 17.9 Å². The maximum Gasteiger partial charge on any atom is 0.306 e. The zero-order valence-corrected chi connectivity index (χ0v) is 42.0. The predicted molar refractivity (Wildman–Crippen MR) is 261 cm³/mol. The van der Waals surface area contributed by atoms with Crippen molar-refractivity contribution in [3.63, 3.8) is 0 Å². The van der Waals surface area contributed by atoms with E-state index in [-0.39, 0.29) is 31.1 Å². The fraction of sp³-hybridized carbons (Fsp3) is 0.945. The molecule has 0 spiro atoms. The average Bonchev–Trinajstić information content (AvgIpc) is 3.22. The van der Waals surface area contributed by atoms with E-state index in [2.05, 4.69) is 41.5 Å². The van der Waals surface area contributed by atoms with Gasteiger partial charge in [-0.15, -0.1) is 0 Å². The van der Waals surface area contributed by atoms with E-state index in [0.29, 0.717) is 19.3 Å². The van der Waals surface area contributed by atoms with Crippen LogP contribution < -0.4 is 0 Å². The Bertz CT molecular complexity index is 945. The van der Waals surface area contributed by atoms with Gasteiger partial charge in [0.2, 0.25) is 0 Å². The summed E-state index contributed by atoms with van der Waals surface area (Å²) in [6.45, 7) is 13.7.